The second-order valence-electron chi connectivity index (χ2n) is 5.51. The van der Waals surface area contributed by atoms with E-state index in [1.54, 1.807) is 6.20 Å². The quantitative estimate of drug-likeness (QED) is 0.912. The van der Waals surface area contributed by atoms with Gasteiger partial charge in [-0.05, 0) is 37.8 Å². The molecule has 2 N–H and O–H groups in total. The van der Waals surface area contributed by atoms with Crippen LogP contribution in [0, 0.1) is 6.92 Å². The average Bonchev–Trinajstić information content (AvgIpc) is 2.88. The Morgan fingerprint density at radius 2 is 2.36 bits per heavy atom. The van der Waals surface area contributed by atoms with E-state index in [0.717, 1.165) is 25.0 Å². The Hall–Kier alpha value is -2.37. The number of amides is 2. The highest BCUT2D eigenvalue weighted by atomic mass is 16.5. The lowest BCUT2D eigenvalue weighted by atomic mass is 9.92. The van der Waals surface area contributed by atoms with Gasteiger partial charge in [0.15, 0.2) is 5.76 Å². The minimum absolute atomic E-state index is 0.0461. The molecule has 0 bridgehead atoms. The van der Waals surface area contributed by atoms with E-state index < -0.39 is 0 Å². The fraction of sp³-hybridized carbons (Fsp3) is 0.438. The number of carbonyl (C=O) groups is 1. The summed E-state index contributed by atoms with van der Waals surface area (Å²) in [5.74, 6) is 0.690. The van der Waals surface area contributed by atoms with Gasteiger partial charge < -0.3 is 15.2 Å². The van der Waals surface area contributed by atoms with Gasteiger partial charge in [0, 0.05) is 12.6 Å². The average molecular weight is 300 g/mol. The molecule has 0 fully saturated rings. The summed E-state index contributed by atoms with van der Waals surface area (Å²) in [6.45, 7) is 3.78. The number of rotatable bonds is 3. The van der Waals surface area contributed by atoms with Crippen LogP contribution in [-0.2, 0) is 12.8 Å². The lowest BCUT2D eigenvalue weighted by molar-refractivity contribution is 0.246. The summed E-state index contributed by atoms with van der Waals surface area (Å²) in [7, 11) is 0. The first-order valence-corrected chi connectivity index (χ1v) is 7.65. The molecular formula is C16H20N4O2. The van der Waals surface area contributed by atoms with E-state index in [0.29, 0.717) is 23.6 Å². The molecule has 0 unspecified atom stereocenters. The van der Waals surface area contributed by atoms with Crippen LogP contribution in [0.1, 0.15) is 48.5 Å². The van der Waals surface area contributed by atoms with Gasteiger partial charge in [0.25, 0.3) is 0 Å². The number of carbonyl (C=O) groups excluding carboxylic acids is 1. The predicted octanol–water partition coefficient (Wildman–Crippen LogP) is 3.14. The summed E-state index contributed by atoms with van der Waals surface area (Å²) in [6, 6.07) is 3.72. The van der Waals surface area contributed by atoms with Crippen LogP contribution in [0.15, 0.2) is 22.9 Å². The van der Waals surface area contributed by atoms with Crippen molar-refractivity contribution < 1.29 is 9.32 Å². The number of hydrogen-bond acceptors (Lipinski definition) is 4. The molecule has 0 aromatic carbocycles. The summed E-state index contributed by atoms with van der Waals surface area (Å²) in [5, 5.41) is 9.76. The molecule has 2 aromatic heterocycles. The van der Waals surface area contributed by atoms with Crippen molar-refractivity contribution >= 4 is 11.7 Å². The Kier molecular flexibility index (Phi) is 4.09. The third-order valence-electron chi connectivity index (χ3n) is 3.99. The van der Waals surface area contributed by atoms with Gasteiger partial charge in [-0.15, -0.1) is 0 Å². The van der Waals surface area contributed by atoms with Crippen LogP contribution in [0.4, 0.5) is 10.5 Å². The molecule has 1 aliphatic carbocycles. The lowest BCUT2D eigenvalue weighted by Gasteiger charge is -2.25. The van der Waals surface area contributed by atoms with Gasteiger partial charge in [0.1, 0.15) is 11.4 Å². The van der Waals surface area contributed by atoms with Gasteiger partial charge in [-0.2, -0.15) is 0 Å². The zero-order valence-corrected chi connectivity index (χ0v) is 12.8. The van der Waals surface area contributed by atoms with E-state index in [1.807, 2.05) is 19.9 Å². The molecule has 2 amide bonds. The minimum Gasteiger partial charge on any atom is -0.359 e. The molecule has 1 atom stereocenters. The SMILES string of the molecule is CCc1onc(C)c1NC(=O)N[C@@H]1CCCc2cccnc21. The van der Waals surface area contributed by atoms with E-state index in [9.17, 15) is 4.79 Å². The topological polar surface area (TPSA) is 80.0 Å². The first-order chi connectivity index (χ1) is 10.7. The molecule has 6 heteroatoms. The monoisotopic (exact) mass is 300 g/mol. The maximum absolute atomic E-state index is 12.3. The van der Waals surface area contributed by atoms with Crippen LogP contribution in [0.2, 0.25) is 0 Å². The number of nitrogens with one attached hydrogen (secondary N) is 2. The fourth-order valence-corrected chi connectivity index (χ4v) is 2.88. The van der Waals surface area contributed by atoms with Crippen molar-refractivity contribution in [1.82, 2.24) is 15.5 Å². The predicted molar refractivity (Wildman–Crippen MR) is 82.7 cm³/mol. The Morgan fingerprint density at radius 1 is 1.50 bits per heavy atom. The van der Waals surface area contributed by atoms with Gasteiger partial charge in [0.05, 0.1) is 11.7 Å². The Balaban J connectivity index is 1.72. The molecule has 116 valence electrons. The first kappa shape index (κ1) is 14.6. The number of fused-ring (bicyclic) bond motifs is 1. The maximum Gasteiger partial charge on any atom is 0.319 e. The van der Waals surface area contributed by atoms with Crippen LogP contribution in [0.25, 0.3) is 0 Å². The van der Waals surface area contributed by atoms with Crippen molar-refractivity contribution in [3.8, 4) is 0 Å². The number of urea groups is 1. The Labute approximate surface area is 129 Å². The van der Waals surface area contributed by atoms with Crippen LogP contribution < -0.4 is 10.6 Å². The van der Waals surface area contributed by atoms with Crippen molar-refractivity contribution in [1.29, 1.82) is 0 Å². The number of pyridine rings is 1. The summed E-state index contributed by atoms with van der Waals surface area (Å²) in [4.78, 5) is 16.7. The summed E-state index contributed by atoms with van der Waals surface area (Å²) in [6.07, 6.45) is 5.44. The standard InChI is InChI=1S/C16H20N4O2/c1-3-13-14(10(2)20-22-13)19-16(21)18-12-8-4-6-11-7-5-9-17-15(11)12/h5,7,9,12H,3-4,6,8H2,1-2H3,(H2,18,19,21)/t12-/m1/s1. The van der Waals surface area contributed by atoms with Gasteiger partial charge in [-0.1, -0.05) is 18.1 Å². The van der Waals surface area contributed by atoms with E-state index in [-0.39, 0.29) is 12.1 Å². The van der Waals surface area contributed by atoms with Crippen molar-refractivity contribution in [3.63, 3.8) is 0 Å². The van der Waals surface area contributed by atoms with Crippen molar-refractivity contribution in [2.45, 2.75) is 45.6 Å². The molecule has 0 saturated carbocycles. The zero-order chi connectivity index (χ0) is 15.5. The molecule has 2 heterocycles. The summed E-state index contributed by atoms with van der Waals surface area (Å²) >= 11 is 0. The number of aromatic nitrogens is 2. The number of nitrogens with zero attached hydrogens (tertiary/aromatic N) is 2. The molecule has 0 spiro atoms. The summed E-state index contributed by atoms with van der Waals surface area (Å²) < 4.78 is 5.19. The van der Waals surface area contributed by atoms with Crippen molar-refractivity contribution in [2.75, 3.05) is 5.32 Å². The highest BCUT2D eigenvalue weighted by Gasteiger charge is 2.23. The smallest absolute Gasteiger partial charge is 0.319 e. The Morgan fingerprint density at radius 3 is 3.18 bits per heavy atom. The normalized spacial score (nSPS) is 16.9. The zero-order valence-electron chi connectivity index (χ0n) is 12.8. The third-order valence-corrected chi connectivity index (χ3v) is 3.99. The molecule has 2 aromatic rings. The highest BCUT2D eigenvalue weighted by Crippen LogP contribution is 2.28. The van der Waals surface area contributed by atoms with E-state index in [1.165, 1.54) is 5.56 Å². The molecule has 0 saturated heterocycles. The minimum atomic E-state index is -0.246. The largest absolute Gasteiger partial charge is 0.359 e. The van der Waals surface area contributed by atoms with Gasteiger partial charge in [-0.25, -0.2) is 4.79 Å². The Bertz CT molecular complexity index is 681. The molecule has 22 heavy (non-hydrogen) atoms. The maximum atomic E-state index is 12.3. The van der Waals surface area contributed by atoms with E-state index >= 15 is 0 Å². The second-order valence-corrected chi connectivity index (χ2v) is 5.51. The number of hydrogen-bond donors (Lipinski definition) is 2. The van der Waals surface area contributed by atoms with Gasteiger partial charge >= 0.3 is 6.03 Å². The highest BCUT2D eigenvalue weighted by molar-refractivity contribution is 5.90. The molecule has 0 radical (unpaired) electrons. The first-order valence-electron chi connectivity index (χ1n) is 7.65. The van der Waals surface area contributed by atoms with E-state index in [4.69, 9.17) is 4.52 Å². The lowest BCUT2D eigenvalue weighted by Crippen LogP contribution is -2.35. The van der Waals surface area contributed by atoms with Crippen LogP contribution in [0.3, 0.4) is 0 Å². The molecule has 0 aliphatic heterocycles. The van der Waals surface area contributed by atoms with Gasteiger partial charge in [-0.3, -0.25) is 4.98 Å². The van der Waals surface area contributed by atoms with Crippen molar-refractivity contribution in [3.05, 3.63) is 41.0 Å². The van der Waals surface area contributed by atoms with Crippen LogP contribution in [-0.4, -0.2) is 16.2 Å². The second kappa shape index (κ2) is 6.17. The van der Waals surface area contributed by atoms with Crippen molar-refractivity contribution in [2.24, 2.45) is 0 Å². The van der Waals surface area contributed by atoms with Crippen LogP contribution in [0.5, 0.6) is 0 Å². The fourth-order valence-electron chi connectivity index (χ4n) is 2.88. The molecule has 6 nitrogen and oxygen atoms in total. The van der Waals surface area contributed by atoms with Crippen LogP contribution >= 0.6 is 0 Å². The number of aryl methyl sites for hydroxylation is 3. The number of anilines is 1. The van der Waals surface area contributed by atoms with Gasteiger partial charge in [0.2, 0.25) is 0 Å². The van der Waals surface area contributed by atoms with E-state index in [2.05, 4.69) is 26.8 Å². The molecular weight excluding hydrogens is 280 g/mol. The molecule has 1 aliphatic rings. The molecule has 3 rings (SSSR count). The third kappa shape index (κ3) is 2.81. The summed E-state index contributed by atoms with van der Waals surface area (Å²) in [5.41, 5.74) is 3.54.